The maximum atomic E-state index is 12.8. The molecular formula is C28H32N4O3. The molecule has 35 heavy (non-hydrogen) atoms. The quantitative estimate of drug-likeness (QED) is 0.524. The molecule has 7 heteroatoms. The maximum absolute atomic E-state index is 12.8. The smallest absolute Gasteiger partial charge is 0.410 e. The lowest BCUT2D eigenvalue weighted by Crippen LogP contribution is -2.51. The lowest BCUT2D eigenvalue weighted by molar-refractivity contribution is 0.00683. The lowest BCUT2D eigenvalue weighted by Gasteiger charge is -2.40. The molecular weight excluding hydrogens is 440 g/mol. The number of hydrogen-bond acceptors (Lipinski definition) is 5. The fourth-order valence-corrected chi connectivity index (χ4v) is 5.78. The molecule has 3 aliphatic rings. The first kappa shape index (κ1) is 22.0. The summed E-state index contributed by atoms with van der Waals surface area (Å²) in [7, 11) is 0. The second kappa shape index (κ2) is 8.33. The highest BCUT2D eigenvalue weighted by Crippen LogP contribution is 2.41. The summed E-state index contributed by atoms with van der Waals surface area (Å²) < 4.78 is 13.7. The molecule has 2 fully saturated rings. The Morgan fingerprint density at radius 3 is 2.57 bits per heavy atom. The number of benzene rings is 2. The number of ether oxygens (including phenoxy) is 2. The highest BCUT2D eigenvalue weighted by Gasteiger charge is 2.44. The minimum absolute atomic E-state index is 0.163. The van der Waals surface area contributed by atoms with Gasteiger partial charge in [0, 0.05) is 47.8 Å². The van der Waals surface area contributed by atoms with Crippen molar-refractivity contribution in [2.45, 2.75) is 76.8 Å². The summed E-state index contributed by atoms with van der Waals surface area (Å²) in [6.45, 7) is 6.33. The van der Waals surface area contributed by atoms with Crippen molar-refractivity contribution >= 4 is 11.8 Å². The van der Waals surface area contributed by atoms with E-state index in [1.807, 2.05) is 48.7 Å². The van der Waals surface area contributed by atoms with E-state index in [1.54, 1.807) is 6.20 Å². The van der Waals surface area contributed by atoms with Crippen molar-refractivity contribution in [3.05, 3.63) is 60.4 Å². The van der Waals surface area contributed by atoms with E-state index in [1.165, 1.54) is 11.1 Å². The number of amides is 1. The average molecular weight is 473 g/mol. The molecule has 1 amide bonds. The SMILES string of the molecule is CC(C)(C)OC(=O)N1[C@@H]2CC[C@H]1C[C@@H](Nc1ccc3c(c1)COc1cc(-n4cccn4)ccc1-3)C2. The van der Waals surface area contributed by atoms with Crippen LogP contribution in [0.1, 0.15) is 52.0 Å². The van der Waals surface area contributed by atoms with Crippen molar-refractivity contribution < 1.29 is 14.3 Å². The summed E-state index contributed by atoms with van der Waals surface area (Å²) in [5.41, 5.74) is 5.14. The van der Waals surface area contributed by atoms with Crippen LogP contribution < -0.4 is 10.1 Å². The number of carbonyl (C=O) groups is 1. The van der Waals surface area contributed by atoms with Gasteiger partial charge in [0.1, 0.15) is 18.0 Å². The van der Waals surface area contributed by atoms with Crippen LogP contribution in [0, 0.1) is 0 Å². The second-order valence-electron chi connectivity index (χ2n) is 10.9. The Morgan fingerprint density at radius 2 is 1.86 bits per heavy atom. The molecule has 3 atom stereocenters. The van der Waals surface area contributed by atoms with Crippen LogP contribution in [-0.4, -0.2) is 44.5 Å². The van der Waals surface area contributed by atoms with Gasteiger partial charge < -0.3 is 19.7 Å². The molecule has 4 heterocycles. The van der Waals surface area contributed by atoms with Gasteiger partial charge in [0.2, 0.25) is 0 Å². The molecule has 6 rings (SSSR count). The van der Waals surface area contributed by atoms with Crippen molar-refractivity contribution in [3.63, 3.8) is 0 Å². The number of fused-ring (bicyclic) bond motifs is 5. The Bertz CT molecular complexity index is 1230. The van der Waals surface area contributed by atoms with Gasteiger partial charge in [-0.25, -0.2) is 9.48 Å². The minimum Gasteiger partial charge on any atom is -0.488 e. The van der Waals surface area contributed by atoms with Crippen LogP contribution in [0.15, 0.2) is 54.9 Å². The largest absolute Gasteiger partial charge is 0.488 e. The molecule has 2 bridgehead atoms. The van der Waals surface area contributed by atoms with E-state index in [2.05, 4.69) is 40.7 Å². The number of carbonyl (C=O) groups excluding carboxylic acids is 1. The van der Waals surface area contributed by atoms with E-state index in [-0.39, 0.29) is 18.2 Å². The van der Waals surface area contributed by atoms with Crippen molar-refractivity contribution in [3.8, 4) is 22.6 Å². The van der Waals surface area contributed by atoms with Gasteiger partial charge in [-0.2, -0.15) is 5.10 Å². The van der Waals surface area contributed by atoms with E-state index in [4.69, 9.17) is 9.47 Å². The molecule has 0 spiro atoms. The first-order chi connectivity index (χ1) is 16.8. The van der Waals surface area contributed by atoms with Crippen LogP contribution >= 0.6 is 0 Å². The van der Waals surface area contributed by atoms with E-state index >= 15 is 0 Å². The summed E-state index contributed by atoms with van der Waals surface area (Å²) >= 11 is 0. The predicted molar refractivity (Wildman–Crippen MR) is 135 cm³/mol. The summed E-state index contributed by atoms with van der Waals surface area (Å²) in [5, 5.41) is 8.06. The van der Waals surface area contributed by atoms with Gasteiger partial charge in [-0.1, -0.05) is 6.07 Å². The first-order valence-electron chi connectivity index (χ1n) is 12.5. The third-order valence-electron chi connectivity index (χ3n) is 7.22. The van der Waals surface area contributed by atoms with Crippen molar-refractivity contribution in [1.29, 1.82) is 0 Å². The minimum atomic E-state index is -0.462. The van der Waals surface area contributed by atoms with Gasteiger partial charge >= 0.3 is 6.09 Å². The van der Waals surface area contributed by atoms with Gasteiger partial charge in [-0.3, -0.25) is 0 Å². The van der Waals surface area contributed by atoms with Crippen LogP contribution in [-0.2, 0) is 11.3 Å². The molecule has 7 nitrogen and oxygen atoms in total. The van der Waals surface area contributed by atoms with Crippen LogP contribution in [0.2, 0.25) is 0 Å². The van der Waals surface area contributed by atoms with E-state index < -0.39 is 5.60 Å². The van der Waals surface area contributed by atoms with Gasteiger partial charge in [0.15, 0.2) is 0 Å². The molecule has 0 unspecified atom stereocenters. The third kappa shape index (κ3) is 4.24. The van der Waals surface area contributed by atoms with Crippen LogP contribution in [0.5, 0.6) is 5.75 Å². The summed E-state index contributed by atoms with van der Waals surface area (Å²) in [6, 6.07) is 15.6. The molecule has 3 aromatic rings. The Kier molecular flexibility index (Phi) is 5.24. The maximum Gasteiger partial charge on any atom is 0.410 e. The van der Waals surface area contributed by atoms with Crippen molar-refractivity contribution in [1.82, 2.24) is 14.7 Å². The summed E-state index contributed by atoms with van der Waals surface area (Å²) in [5.74, 6) is 0.886. The zero-order chi connectivity index (χ0) is 24.2. The molecule has 0 radical (unpaired) electrons. The van der Waals surface area contributed by atoms with Crippen LogP contribution in [0.25, 0.3) is 16.8 Å². The number of rotatable bonds is 3. The van der Waals surface area contributed by atoms with E-state index in [9.17, 15) is 4.79 Å². The fourth-order valence-electron chi connectivity index (χ4n) is 5.78. The van der Waals surface area contributed by atoms with Crippen molar-refractivity contribution in [2.24, 2.45) is 0 Å². The van der Waals surface area contributed by atoms with Crippen LogP contribution in [0.4, 0.5) is 10.5 Å². The molecule has 0 saturated carbocycles. The van der Waals surface area contributed by atoms with E-state index in [0.717, 1.165) is 48.4 Å². The monoisotopic (exact) mass is 472 g/mol. The molecule has 2 aromatic carbocycles. The number of nitrogens with one attached hydrogen (secondary N) is 1. The molecule has 182 valence electrons. The Morgan fingerprint density at radius 1 is 1.09 bits per heavy atom. The number of anilines is 1. The highest BCUT2D eigenvalue weighted by atomic mass is 16.6. The zero-order valence-electron chi connectivity index (χ0n) is 20.5. The van der Waals surface area contributed by atoms with Gasteiger partial charge in [0.05, 0.1) is 5.69 Å². The van der Waals surface area contributed by atoms with E-state index in [0.29, 0.717) is 12.6 Å². The number of piperidine rings is 1. The first-order valence-corrected chi connectivity index (χ1v) is 12.5. The summed E-state index contributed by atoms with van der Waals surface area (Å²) in [4.78, 5) is 14.8. The van der Waals surface area contributed by atoms with Gasteiger partial charge in [-0.05, 0) is 87.9 Å². The third-order valence-corrected chi connectivity index (χ3v) is 7.22. The van der Waals surface area contributed by atoms with Crippen LogP contribution in [0.3, 0.4) is 0 Å². The number of nitrogens with zero attached hydrogens (tertiary/aromatic N) is 3. The summed E-state index contributed by atoms with van der Waals surface area (Å²) in [6.07, 6.45) is 7.54. The molecule has 0 aliphatic carbocycles. The standard InChI is InChI=1S/C28H32N4O3/c1-28(2,3)35-27(33)32-22-6-7-23(32)15-20(14-22)30-19-5-9-24-18(13-19)17-34-26-16-21(8-10-25(24)26)31-12-4-11-29-31/h4-5,8-13,16,20,22-23,30H,6-7,14-15,17H2,1-3H3/t20-,22+,23-. The second-order valence-corrected chi connectivity index (χ2v) is 10.9. The zero-order valence-corrected chi connectivity index (χ0v) is 20.5. The highest BCUT2D eigenvalue weighted by molar-refractivity contribution is 5.78. The molecule has 1 N–H and O–H groups in total. The molecule has 2 saturated heterocycles. The normalized spacial score (nSPS) is 22.7. The predicted octanol–water partition coefficient (Wildman–Crippen LogP) is 5.77. The average Bonchev–Trinajstić information content (AvgIpc) is 3.44. The Balaban J connectivity index is 1.16. The number of hydrogen-bond donors (Lipinski definition) is 1. The van der Waals surface area contributed by atoms with Gasteiger partial charge in [-0.15, -0.1) is 0 Å². The molecule has 3 aliphatic heterocycles. The number of aromatic nitrogens is 2. The lowest BCUT2D eigenvalue weighted by atomic mass is 9.94. The Labute approximate surface area is 206 Å². The topological polar surface area (TPSA) is 68.6 Å². The fraction of sp³-hybridized carbons (Fsp3) is 0.429. The van der Waals surface area contributed by atoms with Gasteiger partial charge in [0.25, 0.3) is 0 Å². The van der Waals surface area contributed by atoms with Crippen molar-refractivity contribution in [2.75, 3.05) is 5.32 Å². The molecule has 1 aromatic heterocycles. The Hall–Kier alpha value is -3.48.